The highest BCUT2D eigenvalue weighted by molar-refractivity contribution is 6.44. The molecule has 0 radical (unpaired) electrons. The molecule has 1 aromatic heterocycles. The molecule has 0 unspecified atom stereocenters. The Labute approximate surface area is 326 Å². The molecular formula is C50H28O8. The Kier molecular flexibility index (Phi) is 6.11. The van der Waals surface area contributed by atoms with Crippen LogP contribution in [-0.2, 0) is 0 Å². The van der Waals surface area contributed by atoms with Crippen LogP contribution in [0.1, 0.15) is 0 Å². The molecule has 0 spiro atoms. The van der Waals surface area contributed by atoms with Gasteiger partial charge in [-0.3, -0.25) is 0 Å². The third-order valence-electron chi connectivity index (χ3n) is 12.1. The molecule has 11 aromatic carbocycles. The Bertz CT molecular complexity index is 3820. The summed E-state index contributed by atoms with van der Waals surface area (Å²) in [6.45, 7) is 0. The quantitative estimate of drug-likeness (QED) is 0.0398. The van der Waals surface area contributed by atoms with Gasteiger partial charge in [0.1, 0.15) is 11.2 Å². The monoisotopic (exact) mass is 756 g/mol. The molecule has 8 heteroatoms. The van der Waals surface area contributed by atoms with Crippen LogP contribution in [0.2, 0.25) is 0 Å². The van der Waals surface area contributed by atoms with Gasteiger partial charge in [-0.2, -0.15) is 0 Å². The number of hydrogen-bond acceptors (Lipinski definition) is 8. The maximum absolute atomic E-state index is 12.1. The summed E-state index contributed by atoms with van der Waals surface area (Å²) in [5.41, 5.74) is 3.77. The molecule has 0 saturated carbocycles. The molecule has 0 aliphatic heterocycles. The van der Waals surface area contributed by atoms with E-state index in [0.29, 0.717) is 32.7 Å². The molecule has 0 saturated heterocycles. The number of aromatic hydroxyl groups is 7. The zero-order valence-electron chi connectivity index (χ0n) is 30.2. The highest BCUT2D eigenvalue weighted by Crippen LogP contribution is 2.62. The zero-order valence-corrected chi connectivity index (χ0v) is 30.2. The number of fused-ring (bicyclic) bond motifs is 10. The van der Waals surface area contributed by atoms with Crippen molar-refractivity contribution in [3.63, 3.8) is 0 Å². The molecule has 12 rings (SSSR count). The van der Waals surface area contributed by atoms with Crippen molar-refractivity contribution in [2.24, 2.45) is 0 Å². The highest BCUT2D eigenvalue weighted by Gasteiger charge is 2.32. The fraction of sp³-hybridized carbons (Fsp3) is 0. The summed E-state index contributed by atoms with van der Waals surface area (Å²) in [7, 11) is 0. The van der Waals surface area contributed by atoms with Gasteiger partial charge < -0.3 is 40.2 Å². The number of furan rings is 1. The lowest BCUT2D eigenvalue weighted by Gasteiger charge is -2.24. The van der Waals surface area contributed by atoms with E-state index in [1.807, 2.05) is 103 Å². The second kappa shape index (κ2) is 11.0. The van der Waals surface area contributed by atoms with Gasteiger partial charge in [0.15, 0.2) is 23.0 Å². The minimum atomic E-state index is -0.950. The van der Waals surface area contributed by atoms with E-state index in [9.17, 15) is 35.7 Å². The van der Waals surface area contributed by atoms with Crippen LogP contribution in [0.15, 0.2) is 132 Å². The molecule has 58 heavy (non-hydrogen) atoms. The van der Waals surface area contributed by atoms with Gasteiger partial charge in [0.25, 0.3) is 0 Å². The van der Waals surface area contributed by atoms with E-state index in [4.69, 9.17) is 4.42 Å². The fourth-order valence-electron chi connectivity index (χ4n) is 9.70. The van der Waals surface area contributed by atoms with Gasteiger partial charge in [-0.05, 0) is 84.0 Å². The summed E-state index contributed by atoms with van der Waals surface area (Å²) in [6, 6.07) is 40.6. The first kappa shape index (κ1) is 32.2. The lowest BCUT2D eigenvalue weighted by molar-refractivity contribution is 0.351. The van der Waals surface area contributed by atoms with Crippen molar-refractivity contribution in [2.45, 2.75) is 0 Å². The number of phenols is 7. The lowest BCUT2D eigenvalue weighted by atomic mass is 9.80. The van der Waals surface area contributed by atoms with Gasteiger partial charge in [-0.1, -0.05) is 103 Å². The van der Waals surface area contributed by atoms with Crippen molar-refractivity contribution in [3.8, 4) is 62.5 Å². The van der Waals surface area contributed by atoms with E-state index in [1.54, 1.807) is 12.1 Å². The van der Waals surface area contributed by atoms with Gasteiger partial charge in [-0.25, -0.2) is 0 Å². The molecular weight excluding hydrogens is 729 g/mol. The maximum Gasteiger partial charge on any atom is 0.204 e. The third kappa shape index (κ3) is 3.87. The van der Waals surface area contributed by atoms with E-state index in [-0.39, 0.29) is 37.9 Å². The van der Waals surface area contributed by atoms with Crippen LogP contribution in [0.25, 0.3) is 120 Å². The molecule has 8 nitrogen and oxygen atoms in total. The van der Waals surface area contributed by atoms with Gasteiger partial charge >= 0.3 is 0 Å². The maximum atomic E-state index is 12.1. The number of hydrogen-bond donors (Lipinski definition) is 7. The molecule has 12 aromatic rings. The minimum Gasteiger partial charge on any atom is -0.504 e. The van der Waals surface area contributed by atoms with Crippen molar-refractivity contribution < 1.29 is 40.2 Å². The van der Waals surface area contributed by atoms with Crippen molar-refractivity contribution in [3.05, 3.63) is 127 Å². The van der Waals surface area contributed by atoms with Crippen molar-refractivity contribution in [2.75, 3.05) is 0 Å². The second-order valence-electron chi connectivity index (χ2n) is 15.0. The molecule has 0 aliphatic carbocycles. The van der Waals surface area contributed by atoms with E-state index in [2.05, 4.69) is 12.1 Å². The molecule has 0 amide bonds. The first-order chi connectivity index (χ1) is 28.2. The van der Waals surface area contributed by atoms with Crippen LogP contribution in [0.3, 0.4) is 0 Å². The van der Waals surface area contributed by atoms with Crippen molar-refractivity contribution in [1.29, 1.82) is 0 Å². The normalized spacial score (nSPS) is 12.3. The Hall–Kier alpha value is -8.10. The Morgan fingerprint density at radius 2 is 0.845 bits per heavy atom. The van der Waals surface area contributed by atoms with E-state index in [1.165, 1.54) is 0 Å². The second-order valence-corrected chi connectivity index (χ2v) is 15.0. The number of benzene rings is 11. The summed E-state index contributed by atoms with van der Waals surface area (Å²) < 4.78 is 6.42. The van der Waals surface area contributed by atoms with Crippen molar-refractivity contribution >= 4 is 97.3 Å². The summed E-state index contributed by atoms with van der Waals surface area (Å²) >= 11 is 0. The zero-order chi connectivity index (χ0) is 39.3. The minimum absolute atomic E-state index is 0.0160. The lowest BCUT2D eigenvalue weighted by Crippen LogP contribution is -1.96. The standard InChI is InChI=1S/C50H28O8/c51-44-39-31-21-25(28-14-7-17-32-36(28)35-27-13-4-2-9-23(27)18-19-33(35)58-32)20-24-11-6-16-30(34(24)31)38-40(39)41(45(52)48(44)55)37(29-15-5-10-22-8-1-3-12-26(22)29)42-43(38)47(54)50(57)49(56)46(42)53/h1-21,51-57H. The first-order valence-corrected chi connectivity index (χ1v) is 18.7. The molecule has 276 valence electrons. The number of rotatable bonds is 2. The predicted molar refractivity (Wildman–Crippen MR) is 230 cm³/mol. The molecule has 0 atom stereocenters. The largest absolute Gasteiger partial charge is 0.504 e. The van der Waals surface area contributed by atoms with Crippen molar-refractivity contribution in [1.82, 2.24) is 0 Å². The average Bonchev–Trinajstić information content (AvgIpc) is 3.65. The first-order valence-electron chi connectivity index (χ1n) is 18.7. The Morgan fingerprint density at radius 1 is 0.293 bits per heavy atom. The molecule has 7 N–H and O–H groups in total. The third-order valence-corrected chi connectivity index (χ3v) is 12.1. The van der Waals surface area contributed by atoms with Crippen LogP contribution in [0.4, 0.5) is 0 Å². The Balaban J connectivity index is 1.34. The summed E-state index contributed by atoms with van der Waals surface area (Å²) in [6.07, 6.45) is 0. The van der Waals surface area contributed by atoms with Crippen LogP contribution in [0, 0.1) is 0 Å². The molecule has 0 bridgehead atoms. The van der Waals surface area contributed by atoms with E-state index >= 15 is 0 Å². The smallest absolute Gasteiger partial charge is 0.204 e. The van der Waals surface area contributed by atoms with Gasteiger partial charge in [-0.15, -0.1) is 0 Å². The highest BCUT2D eigenvalue weighted by atomic mass is 16.3. The topological polar surface area (TPSA) is 155 Å². The summed E-state index contributed by atoms with van der Waals surface area (Å²) in [5.74, 6) is -5.36. The predicted octanol–water partition coefficient (Wildman–Crippen LogP) is 12.4. The number of phenolic OH excluding ortho intramolecular Hbond substituents is 7. The van der Waals surface area contributed by atoms with E-state index in [0.717, 1.165) is 49.0 Å². The SMILES string of the molecule is Oc1c(O)c(O)c2c(c1O)c(-c1cccc3ccccc13)c1c(O)c(O)c(O)c3c4cc(-c5cccc6oc7ccc8ccccc8c7c56)cc5cccc(c54)c2c13. The summed E-state index contributed by atoms with van der Waals surface area (Å²) in [4.78, 5) is 0. The van der Waals surface area contributed by atoms with Crippen LogP contribution >= 0.6 is 0 Å². The van der Waals surface area contributed by atoms with Gasteiger partial charge in [0.05, 0.1) is 0 Å². The van der Waals surface area contributed by atoms with Gasteiger partial charge in [0, 0.05) is 48.7 Å². The summed E-state index contributed by atoms with van der Waals surface area (Å²) in [5, 5.41) is 90.4. The van der Waals surface area contributed by atoms with Crippen LogP contribution < -0.4 is 0 Å². The molecule has 0 aliphatic rings. The van der Waals surface area contributed by atoms with Crippen LogP contribution in [-0.4, -0.2) is 35.7 Å². The van der Waals surface area contributed by atoms with Gasteiger partial charge in [0.2, 0.25) is 17.2 Å². The fourth-order valence-corrected chi connectivity index (χ4v) is 9.70. The van der Waals surface area contributed by atoms with Crippen LogP contribution in [0.5, 0.6) is 40.2 Å². The Morgan fingerprint density at radius 3 is 1.64 bits per heavy atom. The average molecular weight is 757 g/mol. The molecule has 0 fully saturated rings. The van der Waals surface area contributed by atoms with E-state index < -0.39 is 40.2 Å². The molecule has 1 heterocycles.